The largest absolute Gasteiger partial charge is 0.495 e. The van der Waals surface area contributed by atoms with Gasteiger partial charge in [0.25, 0.3) is 0 Å². The average molecular weight is 710 g/mol. The Labute approximate surface area is 285 Å². The molecule has 11 nitrogen and oxygen atoms in total. The van der Waals surface area contributed by atoms with Crippen molar-refractivity contribution in [3.63, 3.8) is 0 Å². The summed E-state index contributed by atoms with van der Waals surface area (Å²) in [5, 5.41) is 0.765. The molecule has 3 aromatic rings. The Morgan fingerprint density at radius 1 is 1.02 bits per heavy atom. The number of nitrogens with one attached hydrogen (secondary N) is 1. The zero-order valence-electron chi connectivity index (χ0n) is 26.7. The van der Waals surface area contributed by atoms with Gasteiger partial charge in [-0.15, -0.1) is 0 Å². The van der Waals surface area contributed by atoms with Crippen LogP contribution < -0.4 is 23.5 Å². The molecule has 1 saturated heterocycles. The van der Waals surface area contributed by atoms with Gasteiger partial charge in [0.1, 0.15) is 21.9 Å². The standard InChI is InChI=1S/C33H39Cl2N3O8S/c1-42-29-8-7-24(16-28(29)38(47(3,40)41)11-10-37-12-14-44-15-13-37)33(39)46-31(18-25-26(34)19-36-20-27(25)35)23-6-9-30(43-2)32(17-23)45-21-22-4-5-22/h6-9,16-17,19-20,22,31H,4-5,10-15,18,21H2,1-3H3/p+1. The van der Waals surface area contributed by atoms with E-state index in [1.807, 2.05) is 0 Å². The average Bonchev–Trinajstić information content (AvgIpc) is 3.89. The number of halogens is 2. The van der Waals surface area contributed by atoms with Crippen molar-refractivity contribution in [2.24, 2.45) is 5.92 Å². The van der Waals surface area contributed by atoms with E-state index in [1.54, 1.807) is 49.8 Å². The number of aromatic nitrogens is 1. The van der Waals surface area contributed by atoms with Crippen LogP contribution in [0.25, 0.3) is 0 Å². The highest BCUT2D eigenvalue weighted by atomic mass is 35.5. The van der Waals surface area contributed by atoms with E-state index in [9.17, 15) is 13.2 Å². The van der Waals surface area contributed by atoms with E-state index in [0.717, 1.165) is 19.1 Å². The van der Waals surface area contributed by atoms with Crippen molar-refractivity contribution in [2.45, 2.75) is 25.4 Å². The van der Waals surface area contributed by atoms with Crippen LogP contribution in [0.2, 0.25) is 10.0 Å². The number of methoxy groups -OCH3 is 2. The Morgan fingerprint density at radius 2 is 1.70 bits per heavy atom. The minimum absolute atomic E-state index is 0.142. The van der Waals surface area contributed by atoms with Crippen molar-refractivity contribution >= 4 is 44.9 Å². The molecule has 1 aromatic heterocycles. The number of ether oxygens (including phenoxy) is 5. The number of nitrogens with zero attached hydrogens (tertiary/aromatic N) is 2. The number of rotatable bonds is 15. The Kier molecular flexibility index (Phi) is 11.7. The molecule has 14 heteroatoms. The van der Waals surface area contributed by atoms with Crippen LogP contribution in [0.15, 0.2) is 48.8 Å². The number of carbonyl (C=O) groups is 1. The number of sulfonamides is 1. The first kappa shape index (κ1) is 35.0. The minimum Gasteiger partial charge on any atom is -0.495 e. The fraction of sp³-hybridized carbons (Fsp3) is 0.455. The molecule has 1 aliphatic heterocycles. The smallest absolute Gasteiger partial charge is 0.338 e. The van der Waals surface area contributed by atoms with E-state index in [2.05, 4.69) is 9.88 Å². The number of morpholine rings is 1. The van der Waals surface area contributed by atoms with Crippen LogP contribution in [0.1, 0.15) is 40.4 Å². The number of aromatic amines is 1. The maximum Gasteiger partial charge on any atom is 0.338 e. The van der Waals surface area contributed by atoms with Crippen molar-refractivity contribution < 1.29 is 41.9 Å². The van der Waals surface area contributed by atoms with Crippen LogP contribution in [0.3, 0.4) is 0 Å². The summed E-state index contributed by atoms with van der Waals surface area (Å²) in [6.45, 7) is 3.79. The molecule has 1 saturated carbocycles. The zero-order chi connectivity index (χ0) is 33.6. The van der Waals surface area contributed by atoms with Gasteiger partial charge in [0.15, 0.2) is 23.9 Å². The van der Waals surface area contributed by atoms with Gasteiger partial charge in [-0.3, -0.25) is 9.21 Å². The first-order valence-corrected chi connectivity index (χ1v) is 18.0. The second kappa shape index (κ2) is 15.7. The third kappa shape index (κ3) is 9.20. The second-order valence-electron chi connectivity index (χ2n) is 11.6. The SMILES string of the molecule is COc1ccc(C(Cc2c(Cl)c[nH+]cc2Cl)OC(=O)c2ccc(OC)c(N(CCN3CCOCC3)S(C)(=O)=O)c2)cc1OCC1CC1. The molecule has 2 heterocycles. The molecular weight excluding hydrogens is 669 g/mol. The minimum atomic E-state index is -3.74. The van der Waals surface area contributed by atoms with E-state index in [1.165, 1.54) is 17.5 Å². The van der Waals surface area contributed by atoms with Gasteiger partial charge in [0.05, 0.1) is 51.5 Å². The fourth-order valence-corrected chi connectivity index (χ4v) is 6.76. The highest BCUT2D eigenvalue weighted by Gasteiger charge is 2.28. The number of H-pyrrole nitrogens is 1. The molecule has 0 bridgehead atoms. The van der Waals surface area contributed by atoms with Crippen LogP contribution >= 0.6 is 23.2 Å². The summed E-state index contributed by atoms with van der Waals surface area (Å²) >= 11 is 13.0. The van der Waals surface area contributed by atoms with E-state index in [0.29, 0.717) is 83.8 Å². The lowest BCUT2D eigenvalue weighted by molar-refractivity contribution is -0.377. The molecule has 1 unspecified atom stereocenters. The fourth-order valence-electron chi connectivity index (χ4n) is 5.31. The van der Waals surface area contributed by atoms with E-state index < -0.39 is 22.1 Å². The second-order valence-corrected chi connectivity index (χ2v) is 14.3. The molecule has 1 atom stereocenters. The lowest BCUT2D eigenvalue weighted by atomic mass is 10.0. The van der Waals surface area contributed by atoms with Gasteiger partial charge in [-0.05, 0) is 54.7 Å². The van der Waals surface area contributed by atoms with Gasteiger partial charge in [0.2, 0.25) is 10.0 Å². The summed E-state index contributed by atoms with van der Waals surface area (Å²) in [4.78, 5) is 18.9. The Bertz CT molecular complexity index is 1650. The van der Waals surface area contributed by atoms with Gasteiger partial charge >= 0.3 is 5.97 Å². The number of hydrogen-bond acceptors (Lipinski definition) is 9. The predicted molar refractivity (Wildman–Crippen MR) is 179 cm³/mol. The number of carbonyl (C=O) groups excluding carboxylic acids is 1. The number of anilines is 1. The quantitative estimate of drug-likeness (QED) is 0.204. The Hall–Kier alpha value is -3.29. The number of hydrogen-bond donors (Lipinski definition) is 0. The van der Waals surface area contributed by atoms with Crippen molar-refractivity contribution in [2.75, 3.05) is 70.8 Å². The summed E-state index contributed by atoms with van der Waals surface area (Å²) in [5.74, 6) is 1.23. The van der Waals surface area contributed by atoms with Crippen LogP contribution in [0.5, 0.6) is 17.2 Å². The normalized spacial score (nSPS) is 15.9. The van der Waals surface area contributed by atoms with Crippen LogP contribution in [0, 0.1) is 5.92 Å². The molecule has 2 aromatic carbocycles. The third-order valence-corrected chi connectivity index (χ3v) is 10.0. The molecule has 254 valence electrons. The van der Waals surface area contributed by atoms with Crippen molar-refractivity contribution in [1.82, 2.24) is 4.90 Å². The van der Waals surface area contributed by atoms with Gasteiger partial charge in [-0.1, -0.05) is 29.3 Å². The van der Waals surface area contributed by atoms with Gasteiger partial charge in [0, 0.05) is 38.2 Å². The summed E-state index contributed by atoms with van der Waals surface area (Å²) in [5.41, 5.74) is 1.60. The molecular formula is C33H40Cl2N3O8S+. The molecule has 0 radical (unpaired) electrons. The van der Waals surface area contributed by atoms with Crippen molar-refractivity contribution in [1.29, 1.82) is 0 Å². The van der Waals surface area contributed by atoms with Gasteiger partial charge < -0.3 is 23.7 Å². The highest BCUT2D eigenvalue weighted by molar-refractivity contribution is 7.92. The Morgan fingerprint density at radius 3 is 2.34 bits per heavy atom. The van der Waals surface area contributed by atoms with E-state index >= 15 is 0 Å². The summed E-state index contributed by atoms with van der Waals surface area (Å²) in [6, 6.07) is 9.95. The molecule has 1 aliphatic carbocycles. The van der Waals surface area contributed by atoms with Crippen LogP contribution in [-0.2, 0) is 25.9 Å². The van der Waals surface area contributed by atoms with Crippen LogP contribution in [0.4, 0.5) is 5.69 Å². The number of pyridine rings is 1. The summed E-state index contributed by atoms with van der Waals surface area (Å²) in [6.07, 6.45) is 5.90. The number of benzene rings is 2. The zero-order valence-corrected chi connectivity index (χ0v) is 29.0. The molecule has 0 spiro atoms. The van der Waals surface area contributed by atoms with Gasteiger partial charge in [-0.2, -0.15) is 0 Å². The highest BCUT2D eigenvalue weighted by Crippen LogP contribution is 2.38. The lowest BCUT2D eigenvalue weighted by Crippen LogP contribution is -2.43. The molecule has 1 N–H and O–H groups in total. The van der Waals surface area contributed by atoms with E-state index in [-0.39, 0.29) is 24.2 Å². The first-order valence-electron chi connectivity index (χ1n) is 15.4. The molecule has 2 aliphatic rings. The van der Waals surface area contributed by atoms with Crippen molar-refractivity contribution in [3.05, 3.63) is 75.5 Å². The van der Waals surface area contributed by atoms with Crippen molar-refractivity contribution in [3.8, 4) is 17.2 Å². The predicted octanol–water partition coefficient (Wildman–Crippen LogP) is 4.85. The third-order valence-electron chi connectivity index (χ3n) is 8.17. The Balaban J connectivity index is 1.46. The maximum absolute atomic E-state index is 13.9. The molecule has 0 amide bonds. The summed E-state index contributed by atoms with van der Waals surface area (Å²) < 4.78 is 56.0. The van der Waals surface area contributed by atoms with E-state index in [4.69, 9.17) is 46.9 Å². The van der Waals surface area contributed by atoms with Crippen LogP contribution in [-0.4, -0.2) is 85.8 Å². The van der Waals surface area contributed by atoms with Gasteiger partial charge in [-0.25, -0.2) is 18.2 Å². The first-order chi connectivity index (χ1) is 22.6. The monoisotopic (exact) mass is 708 g/mol. The number of esters is 1. The maximum atomic E-state index is 13.9. The molecule has 47 heavy (non-hydrogen) atoms. The molecule has 5 rings (SSSR count). The topological polar surface area (TPSA) is 118 Å². The summed E-state index contributed by atoms with van der Waals surface area (Å²) in [7, 11) is -0.725. The molecule has 2 fully saturated rings. The lowest BCUT2D eigenvalue weighted by Gasteiger charge is -2.30.